The third kappa shape index (κ3) is 3.51. The SMILES string of the molecule is CCCN(Cc1ccc(N)cc1)C(=O)c1cnns1. The van der Waals surface area contributed by atoms with Gasteiger partial charge in [0.15, 0.2) is 0 Å². The Morgan fingerprint density at radius 3 is 2.68 bits per heavy atom. The van der Waals surface area contributed by atoms with E-state index in [9.17, 15) is 4.79 Å². The number of carbonyl (C=O) groups excluding carboxylic acids is 1. The van der Waals surface area contributed by atoms with Gasteiger partial charge in [0.1, 0.15) is 4.88 Å². The van der Waals surface area contributed by atoms with Gasteiger partial charge < -0.3 is 10.6 Å². The summed E-state index contributed by atoms with van der Waals surface area (Å²) >= 11 is 1.13. The summed E-state index contributed by atoms with van der Waals surface area (Å²) in [6.07, 6.45) is 2.42. The van der Waals surface area contributed by atoms with Gasteiger partial charge in [-0.05, 0) is 35.6 Å². The summed E-state index contributed by atoms with van der Waals surface area (Å²) in [7, 11) is 0. The molecule has 0 fully saturated rings. The van der Waals surface area contributed by atoms with Crippen molar-refractivity contribution in [1.29, 1.82) is 0 Å². The number of hydrogen-bond donors (Lipinski definition) is 1. The second-order valence-corrected chi connectivity index (χ2v) is 5.04. The van der Waals surface area contributed by atoms with Gasteiger partial charge in [0, 0.05) is 18.8 Å². The van der Waals surface area contributed by atoms with Crippen LogP contribution in [0.3, 0.4) is 0 Å². The highest BCUT2D eigenvalue weighted by molar-refractivity contribution is 7.07. The second kappa shape index (κ2) is 6.29. The number of nitrogen functional groups attached to an aromatic ring is 1. The molecule has 19 heavy (non-hydrogen) atoms. The monoisotopic (exact) mass is 276 g/mol. The van der Waals surface area contributed by atoms with Gasteiger partial charge in [-0.15, -0.1) is 5.10 Å². The van der Waals surface area contributed by atoms with E-state index in [1.807, 2.05) is 31.2 Å². The first-order valence-corrected chi connectivity index (χ1v) is 6.89. The van der Waals surface area contributed by atoms with Crippen LogP contribution in [0, 0.1) is 0 Å². The third-order valence-corrected chi connectivity index (χ3v) is 3.36. The fourth-order valence-corrected chi connectivity index (χ4v) is 2.27. The van der Waals surface area contributed by atoms with Crippen molar-refractivity contribution >= 4 is 23.1 Å². The van der Waals surface area contributed by atoms with Crippen LogP contribution in [0.4, 0.5) is 5.69 Å². The van der Waals surface area contributed by atoms with Gasteiger partial charge in [0.05, 0.1) is 6.20 Å². The third-order valence-electron chi connectivity index (χ3n) is 2.71. The number of anilines is 1. The predicted octanol–water partition coefficient (Wildman–Crippen LogP) is 2.17. The highest BCUT2D eigenvalue weighted by atomic mass is 32.1. The van der Waals surface area contributed by atoms with Gasteiger partial charge >= 0.3 is 0 Å². The molecule has 0 aliphatic carbocycles. The van der Waals surface area contributed by atoms with Crippen LogP contribution in [-0.2, 0) is 6.54 Å². The van der Waals surface area contributed by atoms with Crippen molar-refractivity contribution in [2.75, 3.05) is 12.3 Å². The minimum Gasteiger partial charge on any atom is -0.399 e. The number of carbonyl (C=O) groups is 1. The molecule has 0 aliphatic rings. The maximum Gasteiger partial charge on any atom is 0.267 e. The van der Waals surface area contributed by atoms with Crippen molar-refractivity contribution in [2.45, 2.75) is 19.9 Å². The molecule has 0 saturated heterocycles. The standard InChI is InChI=1S/C13H16N4OS/c1-2-7-17(13(18)12-8-15-16-19-12)9-10-3-5-11(14)6-4-10/h3-6,8H,2,7,9,14H2,1H3. The van der Waals surface area contributed by atoms with Crippen LogP contribution >= 0.6 is 11.5 Å². The second-order valence-electron chi connectivity index (χ2n) is 4.25. The molecule has 5 nitrogen and oxygen atoms in total. The van der Waals surface area contributed by atoms with E-state index >= 15 is 0 Å². The fourth-order valence-electron chi connectivity index (χ4n) is 1.78. The summed E-state index contributed by atoms with van der Waals surface area (Å²) in [5.74, 6) is -0.0197. The molecule has 0 saturated carbocycles. The molecule has 0 bridgehead atoms. The first-order chi connectivity index (χ1) is 9.20. The molecular weight excluding hydrogens is 260 g/mol. The van der Waals surface area contributed by atoms with Crippen LogP contribution in [0.5, 0.6) is 0 Å². The molecule has 100 valence electrons. The van der Waals surface area contributed by atoms with Crippen molar-refractivity contribution in [1.82, 2.24) is 14.5 Å². The van der Waals surface area contributed by atoms with Gasteiger partial charge in [0.2, 0.25) is 0 Å². The Morgan fingerprint density at radius 1 is 1.37 bits per heavy atom. The Labute approximate surface area is 116 Å². The smallest absolute Gasteiger partial charge is 0.267 e. The van der Waals surface area contributed by atoms with E-state index < -0.39 is 0 Å². The quantitative estimate of drug-likeness (QED) is 0.849. The Balaban J connectivity index is 2.11. The summed E-state index contributed by atoms with van der Waals surface area (Å²) in [5, 5.41) is 3.71. The average Bonchev–Trinajstić information content (AvgIpc) is 2.94. The molecule has 0 atom stereocenters. The van der Waals surface area contributed by atoms with E-state index in [0.29, 0.717) is 18.0 Å². The summed E-state index contributed by atoms with van der Waals surface area (Å²) < 4.78 is 3.73. The van der Waals surface area contributed by atoms with E-state index in [-0.39, 0.29) is 5.91 Å². The van der Waals surface area contributed by atoms with Crippen molar-refractivity contribution in [3.63, 3.8) is 0 Å². The first kappa shape index (κ1) is 13.5. The topological polar surface area (TPSA) is 72.1 Å². The number of rotatable bonds is 5. The molecule has 0 spiro atoms. The first-order valence-electron chi connectivity index (χ1n) is 6.11. The Bertz CT molecular complexity index is 524. The largest absolute Gasteiger partial charge is 0.399 e. The lowest BCUT2D eigenvalue weighted by molar-refractivity contribution is 0.0748. The van der Waals surface area contributed by atoms with Crippen molar-refractivity contribution in [3.8, 4) is 0 Å². The fraction of sp³-hybridized carbons (Fsp3) is 0.308. The van der Waals surface area contributed by atoms with Crippen LogP contribution in [0.25, 0.3) is 0 Å². The summed E-state index contributed by atoms with van der Waals surface area (Å²) in [6, 6.07) is 7.57. The molecule has 0 radical (unpaired) electrons. The molecule has 2 N–H and O–H groups in total. The molecule has 1 aromatic heterocycles. The molecule has 0 aliphatic heterocycles. The van der Waals surface area contributed by atoms with Gasteiger partial charge in [-0.2, -0.15) is 0 Å². The number of amides is 1. The van der Waals surface area contributed by atoms with E-state index in [4.69, 9.17) is 5.73 Å². The molecule has 1 aromatic carbocycles. The van der Waals surface area contributed by atoms with Crippen LogP contribution in [0.1, 0.15) is 28.6 Å². The van der Waals surface area contributed by atoms with Crippen LogP contribution in [0.15, 0.2) is 30.5 Å². The number of nitrogens with two attached hydrogens (primary N) is 1. The lowest BCUT2D eigenvalue weighted by atomic mass is 10.2. The van der Waals surface area contributed by atoms with Gasteiger partial charge in [0.25, 0.3) is 5.91 Å². The van der Waals surface area contributed by atoms with Crippen molar-refractivity contribution in [3.05, 3.63) is 40.9 Å². The molecular formula is C13H16N4OS. The number of nitrogens with zero attached hydrogens (tertiary/aromatic N) is 3. The van der Waals surface area contributed by atoms with E-state index in [0.717, 1.165) is 29.2 Å². The zero-order chi connectivity index (χ0) is 13.7. The Hall–Kier alpha value is -1.95. The molecule has 1 amide bonds. The molecule has 0 unspecified atom stereocenters. The lowest BCUT2D eigenvalue weighted by Gasteiger charge is -2.21. The Kier molecular flexibility index (Phi) is 4.46. The zero-order valence-corrected chi connectivity index (χ0v) is 11.6. The molecule has 1 heterocycles. The van der Waals surface area contributed by atoms with Crippen LogP contribution in [0.2, 0.25) is 0 Å². The number of benzene rings is 1. The minimum atomic E-state index is -0.0197. The molecule has 2 aromatic rings. The van der Waals surface area contributed by atoms with E-state index in [1.54, 1.807) is 4.90 Å². The average molecular weight is 276 g/mol. The number of aromatic nitrogens is 2. The zero-order valence-electron chi connectivity index (χ0n) is 10.7. The normalized spacial score (nSPS) is 10.4. The van der Waals surface area contributed by atoms with E-state index in [1.165, 1.54) is 6.20 Å². The van der Waals surface area contributed by atoms with Gasteiger partial charge in [-0.3, -0.25) is 4.79 Å². The summed E-state index contributed by atoms with van der Waals surface area (Å²) in [5.41, 5.74) is 7.45. The molecule has 2 rings (SSSR count). The highest BCUT2D eigenvalue weighted by Crippen LogP contribution is 2.13. The van der Waals surface area contributed by atoms with Gasteiger partial charge in [-0.1, -0.05) is 23.5 Å². The van der Waals surface area contributed by atoms with Crippen LogP contribution in [-0.4, -0.2) is 26.9 Å². The van der Waals surface area contributed by atoms with Crippen molar-refractivity contribution in [2.24, 2.45) is 0 Å². The maximum atomic E-state index is 12.3. The van der Waals surface area contributed by atoms with E-state index in [2.05, 4.69) is 9.59 Å². The van der Waals surface area contributed by atoms with Crippen LogP contribution < -0.4 is 5.73 Å². The highest BCUT2D eigenvalue weighted by Gasteiger charge is 2.17. The lowest BCUT2D eigenvalue weighted by Crippen LogP contribution is -2.30. The summed E-state index contributed by atoms with van der Waals surface area (Å²) in [4.78, 5) is 14.7. The van der Waals surface area contributed by atoms with Crippen molar-refractivity contribution < 1.29 is 4.79 Å². The number of hydrogen-bond acceptors (Lipinski definition) is 5. The predicted molar refractivity (Wildman–Crippen MR) is 75.8 cm³/mol. The minimum absolute atomic E-state index is 0.0197. The molecule has 6 heteroatoms. The van der Waals surface area contributed by atoms with Gasteiger partial charge in [-0.25, -0.2) is 0 Å². The maximum absolute atomic E-state index is 12.3. The Morgan fingerprint density at radius 2 is 2.11 bits per heavy atom. The summed E-state index contributed by atoms with van der Waals surface area (Å²) in [6.45, 7) is 3.33.